The SMILES string of the molecule is CCOC1=CC(c2ncc(NC(=O)Nc3cc(C(=O)CCCN(C)C)cc(C(F)(F)F)c3)c(C)n2)=CCC1=O. The molecule has 1 aliphatic carbocycles. The van der Waals surface area contributed by atoms with Crippen molar-refractivity contribution in [1.29, 1.82) is 0 Å². The highest BCUT2D eigenvalue weighted by molar-refractivity contribution is 6.02. The van der Waals surface area contributed by atoms with Crippen molar-refractivity contribution in [3.8, 4) is 0 Å². The topological polar surface area (TPSA) is 114 Å². The highest BCUT2D eigenvalue weighted by atomic mass is 19.4. The van der Waals surface area contributed by atoms with Gasteiger partial charge in [-0.25, -0.2) is 14.8 Å². The number of ether oxygens (including phenoxy) is 1. The molecule has 208 valence electrons. The van der Waals surface area contributed by atoms with Gasteiger partial charge in [-0.15, -0.1) is 0 Å². The summed E-state index contributed by atoms with van der Waals surface area (Å²) in [7, 11) is 3.67. The van der Waals surface area contributed by atoms with Crippen molar-refractivity contribution in [3.63, 3.8) is 0 Å². The number of carbonyl (C=O) groups is 3. The Kier molecular flexibility index (Phi) is 9.57. The van der Waals surface area contributed by atoms with Crippen LogP contribution in [0.1, 0.15) is 53.6 Å². The highest BCUT2D eigenvalue weighted by Gasteiger charge is 2.32. The number of hydrogen-bond donors (Lipinski definition) is 2. The summed E-state index contributed by atoms with van der Waals surface area (Å²) in [5, 5.41) is 4.88. The van der Waals surface area contributed by atoms with Crippen molar-refractivity contribution < 1.29 is 32.3 Å². The van der Waals surface area contributed by atoms with Crippen LogP contribution < -0.4 is 10.6 Å². The molecule has 1 aromatic heterocycles. The lowest BCUT2D eigenvalue weighted by Gasteiger charge is -2.15. The van der Waals surface area contributed by atoms with Crippen LogP contribution in [-0.2, 0) is 15.7 Å². The first kappa shape index (κ1) is 29.5. The predicted molar refractivity (Wildman–Crippen MR) is 140 cm³/mol. The Morgan fingerprint density at radius 3 is 2.54 bits per heavy atom. The number of amides is 2. The molecule has 1 aromatic carbocycles. The van der Waals surface area contributed by atoms with E-state index < -0.39 is 23.6 Å². The minimum absolute atomic E-state index is 0.0693. The molecule has 0 fully saturated rings. The number of hydrogen-bond acceptors (Lipinski definition) is 7. The molecule has 1 heterocycles. The number of ketones is 2. The summed E-state index contributed by atoms with van der Waals surface area (Å²) in [6, 6.07) is 1.94. The standard InChI is InChI=1S/C27H30F3N5O4/c1-5-39-24-13-17(8-9-23(24)37)25-31-15-21(16(2)32-25)34-26(38)33-20-12-18(11-19(14-20)27(28,29)30)22(36)7-6-10-35(3)4/h8,11-15H,5-7,9-10H2,1-4H3,(H2,33,34,38). The molecule has 0 saturated heterocycles. The van der Waals surface area contributed by atoms with Crippen LogP contribution in [0.3, 0.4) is 0 Å². The third-order valence-electron chi connectivity index (χ3n) is 5.70. The molecule has 3 rings (SSSR count). The minimum atomic E-state index is -4.71. The van der Waals surface area contributed by atoms with Gasteiger partial charge in [-0.1, -0.05) is 6.08 Å². The van der Waals surface area contributed by atoms with E-state index in [-0.39, 0.29) is 41.3 Å². The van der Waals surface area contributed by atoms with Crippen molar-refractivity contribution in [1.82, 2.24) is 14.9 Å². The molecular formula is C27H30F3N5O4. The molecule has 0 aliphatic heterocycles. The summed E-state index contributed by atoms with van der Waals surface area (Å²) in [6.07, 6.45) is 0.569. The van der Waals surface area contributed by atoms with E-state index in [1.807, 2.05) is 19.0 Å². The smallest absolute Gasteiger partial charge is 0.416 e. The number of rotatable bonds is 10. The second-order valence-electron chi connectivity index (χ2n) is 9.13. The quantitative estimate of drug-likeness (QED) is 0.392. The molecule has 0 saturated carbocycles. The molecule has 2 aromatic rings. The van der Waals surface area contributed by atoms with Crippen LogP contribution in [0.4, 0.5) is 29.3 Å². The van der Waals surface area contributed by atoms with Crippen LogP contribution in [0.2, 0.25) is 0 Å². The van der Waals surface area contributed by atoms with Crippen LogP contribution in [0.25, 0.3) is 5.57 Å². The average molecular weight is 546 g/mol. The Labute approximate surface area is 224 Å². The number of alkyl halides is 3. The van der Waals surface area contributed by atoms with Gasteiger partial charge in [0.1, 0.15) is 0 Å². The van der Waals surface area contributed by atoms with Crippen molar-refractivity contribution in [3.05, 3.63) is 65.0 Å². The summed E-state index contributed by atoms with van der Waals surface area (Å²) in [5.41, 5.74) is -0.159. The van der Waals surface area contributed by atoms with E-state index in [4.69, 9.17) is 4.74 Å². The highest BCUT2D eigenvalue weighted by Crippen LogP contribution is 2.32. The molecule has 2 amide bonds. The van der Waals surface area contributed by atoms with Gasteiger partial charge in [0.05, 0.1) is 29.7 Å². The maximum atomic E-state index is 13.5. The Hall–Kier alpha value is -4.06. The number of Topliss-reactive ketones (excluding diaryl/α,β-unsaturated/α-hetero) is 2. The molecule has 12 heteroatoms. The fourth-order valence-corrected chi connectivity index (χ4v) is 3.76. The Morgan fingerprint density at radius 1 is 1.15 bits per heavy atom. The van der Waals surface area contributed by atoms with Gasteiger partial charge in [0.25, 0.3) is 0 Å². The molecule has 39 heavy (non-hydrogen) atoms. The van der Waals surface area contributed by atoms with E-state index in [1.54, 1.807) is 26.0 Å². The number of carbonyl (C=O) groups excluding carboxylic acids is 3. The van der Waals surface area contributed by atoms with Gasteiger partial charge in [-0.3, -0.25) is 9.59 Å². The lowest BCUT2D eigenvalue weighted by atomic mass is 10.0. The third kappa shape index (κ3) is 8.21. The van der Waals surface area contributed by atoms with E-state index in [0.717, 1.165) is 12.1 Å². The Bertz CT molecular complexity index is 1320. The second-order valence-corrected chi connectivity index (χ2v) is 9.13. The molecule has 0 atom stereocenters. The van der Waals surface area contributed by atoms with Gasteiger partial charge >= 0.3 is 12.2 Å². The molecule has 0 spiro atoms. The number of allylic oxidation sites excluding steroid dienone is 4. The normalized spacial score (nSPS) is 13.6. The fraction of sp³-hybridized carbons (Fsp3) is 0.370. The third-order valence-corrected chi connectivity index (χ3v) is 5.70. The Balaban J connectivity index is 1.75. The van der Waals surface area contributed by atoms with E-state index in [9.17, 15) is 27.6 Å². The number of nitrogens with one attached hydrogen (secondary N) is 2. The van der Waals surface area contributed by atoms with E-state index >= 15 is 0 Å². The van der Waals surface area contributed by atoms with E-state index in [0.29, 0.717) is 36.7 Å². The lowest BCUT2D eigenvalue weighted by Crippen LogP contribution is -2.21. The van der Waals surface area contributed by atoms with Crippen LogP contribution in [-0.4, -0.2) is 59.7 Å². The summed E-state index contributed by atoms with van der Waals surface area (Å²) in [4.78, 5) is 47.6. The average Bonchev–Trinajstić information content (AvgIpc) is 2.85. The van der Waals surface area contributed by atoms with Crippen molar-refractivity contribution in [2.45, 2.75) is 39.3 Å². The number of urea groups is 1. The number of aryl methyl sites for hydroxylation is 1. The van der Waals surface area contributed by atoms with Gasteiger partial charge in [0, 0.05) is 29.7 Å². The second kappa shape index (κ2) is 12.7. The maximum Gasteiger partial charge on any atom is 0.416 e. The summed E-state index contributed by atoms with van der Waals surface area (Å²) in [5.74, 6) is -0.0697. The van der Waals surface area contributed by atoms with Crippen LogP contribution in [0.5, 0.6) is 0 Å². The van der Waals surface area contributed by atoms with Crippen molar-refractivity contribution in [2.75, 3.05) is 37.9 Å². The first-order valence-corrected chi connectivity index (χ1v) is 12.3. The maximum absolute atomic E-state index is 13.5. The monoisotopic (exact) mass is 545 g/mol. The molecule has 0 bridgehead atoms. The number of aromatic nitrogens is 2. The van der Waals surface area contributed by atoms with Gasteiger partial charge < -0.3 is 20.3 Å². The zero-order valence-electron chi connectivity index (χ0n) is 22.1. The first-order valence-electron chi connectivity index (χ1n) is 12.3. The van der Waals surface area contributed by atoms with Gasteiger partial charge in [0.2, 0.25) is 5.78 Å². The minimum Gasteiger partial charge on any atom is -0.490 e. The number of halogens is 3. The van der Waals surface area contributed by atoms with E-state index in [2.05, 4.69) is 20.6 Å². The number of nitrogens with zero attached hydrogens (tertiary/aromatic N) is 3. The van der Waals surface area contributed by atoms with Crippen LogP contribution in [0.15, 0.2) is 42.3 Å². The lowest BCUT2D eigenvalue weighted by molar-refractivity contribution is -0.137. The van der Waals surface area contributed by atoms with Gasteiger partial charge in [0.15, 0.2) is 17.4 Å². The fourth-order valence-electron chi connectivity index (χ4n) is 3.76. The van der Waals surface area contributed by atoms with Gasteiger partial charge in [-0.2, -0.15) is 13.2 Å². The predicted octanol–water partition coefficient (Wildman–Crippen LogP) is 5.25. The van der Waals surface area contributed by atoms with Crippen LogP contribution >= 0.6 is 0 Å². The molecule has 0 radical (unpaired) electrons. The van der Waals surface area contributed by atoms with Crippen molar-refractivity contribution >= 4 is 34.5 Å². The molecule has 9 nitrogen and oxygen atoms in total. The van der Waals surface area contributed by atoms with Crippen LogP contribution in [0, 0.1) is 6.92 Å². The van der Waals surface area contributed by atoms with Crippen molar-refractivity contribution in [2.24, 2.45) is 0 Å². The molecule has 0 unspecified atom stereocenters. The summed E-state index contributed by atoms with van der Waals surface area (Å²) < 4.78 is 45.8. The Morgan fingerprint density at radius 2 is 1.90 bits per heavy atom. The summed E-state index contributed by atoms with van der Waals surface area (Å²) in [6.45, 7) is 4.33. The zero-order chi connectivity index (χ0) is 28.7. The molecule has 2 N–H and O–H groups in total. The first-order chi connectivity index (χ1) is 18.4. The van der Waals surface area contributed by atoms with Gasteiger partial charge in [-0.05, 0) is 65.2 Å². The number of anilines is 2. The zero-order valence-corrected chi connectivity index (χ0v) is 22.1. The molecule has 1 aliphatic rings. The summed E-state index contributed by atoms with van der Waals surface area (Å²) >= 11 is 0. The van der Waals surface area contributed by atoms with E-state index in [1.165, 1.54) is 12.3 Å². The molecular weight excluding hydrogens is 515 g/mol. The number of benzene rings is 1. The largest absolute Gasteiger partial charge is 0.490 e.